The molecular formula is C25H22Cl2O10S. The molecule has 5 N–H and O–H groups in total. The molecule has 1 fully saturated rings. The van der Waals surface area contributed by atoms with Crippen molar-refractivity contribution in [2.45, 2.75) is 41.2 Å². The van der Waals surface area contributed by atoms with E-state index in [1.165, 1.54) is 42.5 Å². The number of ether oxygens (including phenoxy) is 2. The molecule has 38 heavy (non-hydrogen) atoms. The molecule has 10 nitrogen and oxygen atoms in total. The van der Waals surface area contributed by atoms with Crippen molar-refractivity contribution in [2.75, 3.05) is 6.61 Å². The smallest absolute Gasteiger partial charge is 0.298 e. The molecular weight excluding hydrogens is 563 g/mol. The van der Waals surface area contributed by atoms with Gasteiger partial charge in [-0.1, -0.05) is 53.5 Å². The van der Waals surface area contributed by atoms with Crippen LogP contribution in [0.1, 0.15) is 16.7 Å². The minimum Gasteiger partial charge on any atom is -0.506 e. The Morgan fingerprint density at radius 3 is 2.21 bits per heavy atom. The first kappa shape index (κ1) is 27.1. The first-order valence-electron chi connectivity index (χ1n) is 11.3. The summed E-state index contributed by atoms with van der Waals surface area (Å²) in [7, 11) is -4.21. The van der Waals surface area contributed by atoms with Crippen LogP contribution in [0.3, 0.4) is 0 Å². The number of hydrogen-bond acceptors (Lipinski definition) is 10. The van der Waals surface area contributed by atoms with Crippen molar-refractivity contribution < 1.29 is 47.6 Å². The summed E-state index contributed by atoms with van der Waals surface area (Å²) in [6.07, 6.45) is -7.55. The summed E-state index contributed by atoms with van der Waals surface area (Å²) in [6, 6.07) is 14.7. The minimum atomic E-state index is -4.21. The van der Waals surface area contributed by atoms with Crippen LogP contribution >= 0.6 is 23.2 Å². The number of aromatic hydroxyl groups is 1. The summed E-state index contributed by atoms with van der Waals surface area (Å²) in [5.41, 5.74) is -0.857. The Morgan fingerprint density at radius 2 is 1.55 bits per heavy atom. The third-order valence-electron chi connectivity index (χ3n) is 6.55. The van der Waals surface area contributed by atoms with E-state index in [1.807, 2.05) is 0 Å². The number of halogens is 2. The van der Waals surface area contributed by atoms with Crippen LogP contribution in [0.15, 0.2) is 65.6 Å². The highest BCUT2D eigenvalue weighted by Crippen LogP contribution is 2.52. The molecule has 0 saturated carbocycles. The van der Waals surface area contributed by atoms with Gasteiger partial charge in [-0.25, -0.2) is 4.18 Å². The SMILES string of the molecule is O=S1(=O)OC(c2ccc(O)c(Cl)c2)(c2ccc(OC3OC(CO)C(O)C(O)C3O)c(Cl)c2)c2ccccc21. The Labute approximate surface area is 227 Å². The van der Waals surface area contributed by atoms with Crippen LogP contribution in [-0.4, -0.2) is 71.3 Å². The number of fused-ring (bicyclic) bond motifs is 1. The lowest BCUT2D eigenvalue weighted by molar-refractivity contribution is -0.277. The van der Waals surface area contributed by atoms with Crippen LogP contribution in [0.25, 0.3) is 0 Å². The summed E-state index contributed by atoms with van der Waals surface area (Å²) in [5, 5.41) is 49.6. The van der Waals surface area contributed by atoms with E-state index >= 15 is 0 Å². The van der Waals surface area contributed by atoms with Crippen molar-refractivity contribution in [3.63, 3.8) is 0 Å². The summed E-state index contributed by atoms with van der Waals surface area (Å²) in [5.74, 6) is -0.214. The number of benzene rings is 3. The van der Waals surface area contributed by atoms with E-state index in [9.17, 15) is 34.0 Å². The lowest BCUT2D eigenvalue weighted by atomic mass is 9.80. The maximum absolute atomic E-state index is 13.1. The van der Waals surface area contributed by atoms with Crippen molar-refractivity contribution in [3.05, 3.63) is 87.4 Å². The van der Waals surface area contributed by atoms with E-state index in [0.717, 1.165) is 0 Å². The van der Waals surface area contributed by atoms with Gasteiger partial charge in [-0.15, -0.1) is 0 Å². The first-order chi connectivity index (χ1) is 18.0. The molecule has 1 saturated heterocycles. The molecule has 2 heterocycles. The number of phenols is 1. The Morgan fingerprint density at radius 1 is 0.895 bits per heavy atom. The standard InChI is InChI=1S/C25H22Cl2O10S/c26-15-9-12(5-7-17(15)29)25(14-3-1-2-4-20(14)38(33,34)37-25)13-6-8-18(16(27)10-13)35-24-23(32)22(31)21(30)19(11-28)36-24/h1-10,19,21-24,28-32H,11H2. The molecule has 13 heteroatoms. The molecule has 0 bridgehead atoms. The quantitative estimate of drug-likeness (QED) is 0.280. The Kier molecular flexibility index (Phi) is 7.10. The maximum Gasteiger partial charge on any atom is 0.298 e. The molecule has 0 amide bonds. The van der Waals surface area contributed by atoms with E-state index < -0.39 is 53.0 Å². The number of aliphatic hydroxyl groups is 4. The van der Waals surface area contributed by atoms with Crippen LogP contribution in [0, 0.1) is 0 Å². The molecule has 3 aromatic carbocycles. The zero-order valence-corrected chi connectivity index (χ0v) is 21.6. The van der Waals surface area contributed by atoms with Gasteiger partial charge in [-0.2, -0.15) is 8.42 Å². The third-order valence-corrected chi connectivity index (χ3v) is 8.52. The van der Waals surface area contributed by atoms with Crippen molar-refractivity contribution >= 4 is 33.3 Å². The van der Waals surface area contributed by atoms with Crippen LogP contribution in [0.4, 0.5) is 0 Å². The van der Waals surface area contributed by atoms with E-state index in [1.54, 1.807) is 18.2 Å². The molecule has 2 aliphatic rings. The van der Waals surface area contributed by atoms with Gasteiger partial charge < -0.3 is 35.0 Å². The molecule has 0 aliphatic carbocycles. The number of rotatable bonds is 5. The molecule has 6 atom stereocenters. The minimum absolute atomic E-state index is 0.00669. The molecule has 3 aromatic rings. The third kappa shape index (κ3) is 4.34. The highest BCUT2D eigenvalue weighted by molar-refractivity contribution is 7.87. The second-order valence-corrected chi connectivity index (χ2v) is 11.2. The lowest BCUT2D eigenvalue weighted by Crippen LogP contribution is -2.60. The van der Waals surface area contributed by atoms with Crippen LogP contribution in [-0.2, 0) is 24.6 Å². The topological polar surface area (TPSA) is 163 Å². The maximum atomic E-state index is 13.1. The fourth-order valence-corrected chi connectivity index (χ4v) is 6.47. The normalized spacial score (nSPS) is 30.1. The summed E-state index contributed by atoms with van der Waals surface area (Å²) in [6.45, 7) is -0.638. The second-order valence-electron chi connectivity index (χ2n) is 8.84. The van der Waals surface area contributed by atoms with E-state index in [-0.39, 0.29) is 32.0 Å². The van der Waals surface area contributed by atoms with Gasteiger partial charge in [0, 0.05) is 5.56 Å². The van der Waals surface area contributed by atoms with Gasteiger partial charge in [0.1, 0.15) is 40.8 Å². The van der Waals surface area contributed by atoms with Crippen molar-refractivity contribution in [1.29, 1.82) is 0 Å². The Bertz CT molecular complexity index is 1480. The van der Waals surface area contributed by atoms with Gasteiger partial charge >= 0.3 is 0 Å². The monoisotopic (exact) mass is 584 g/mol. The zero-order valence-electron chi connectivity index (χ0n) is 19.3. The van der Waals surface area contributed by atoms with Gasteiger partial charge in [0.05, 0.1) is 16.7 Å². The van der Waals surface area contributed by atoms with Crippen LogP contribution in [0.5, 0.6) is 11.5 Å². The number of aliphatic hydroxyl groups excluding tert-OH is 4. The number of phenolic OH excluding ortho intramolecular Hbond substituents is 1. The highest BCUT2D eigenvalue weighted by atomic mass is 35.5. The Balaban J connectivity index is 1.59. The summed E-state index contributed by atoms with van der Waals surface area (Å²) >= 11 is 12.7. The predicted molar refractivity (Wildman–Crippen MR) is 134 cm³/mol. The average Bonchev–Trinajstić information content (AvgIpc) is 3.15. The summed E-state index contributed by atoms with van der Waals surface area (Å²) < 4.78 is 42.9. The first-order valence-corrected chi connectivity index (χ1v) is 13.5. The molecule has 202 valence electrons. The van der Waals surface area contributed by atoms with Crippen molar-refractivity contribution in [3.8, 4) is 11.5 Å². The van der Waals surface area contributed by atoms with Gasteiger partial charge in [-0.05, 0) is 41.5 Å². The molecule has 2 aliphatic heterocycles. The fraction of sp³-hybridized carbons (Fsp3) is 0.280. The zero-order chi connectivity index (χ0) is 27.4. The van der Waals surface area contributed by atoms with Gasteiger partial charge in [0.2, 0.25) is 6.29 Å². The van der Waals surface area contributed by atoms with Crippen LogP contribution < -0.4 is 4.74 Å². The highest BCUT2D eigenvalue weighted by Gasteiger charge is 2.52. The molecule has 0 aromatic heterocycles. The number of hydrogen-bond donors (Lipinski definition) is 5. The van der Waals surface area contributed by atoms with Gasteiger partial charge in [0.25, 0.3) is 10.1 Å². The van der Waals surface area contributed by atoms with E-state index in [4.69, 9.17) is 36.9 Å². The van der Waals surface area contributed by atoms with E-state index in [2.05, 4.69) is 0 Å². The molecule has 0 spiro atoms. The molecule has 6 unspecified atom stereocenters. The van der Waals surface area contributed by atoms with Gasteiger partial charge in [0.15, 0.2) is 5.60 Å². The second kappa shape index (κ2) is 9.94. The average molecular weight is 585 g/mol. The largest absolute Gasteiger partial charge is 0.506 e. The summed E-state index contributed by atoms with van der Waals surface area (Å²) in [4.78, 5) is -0.0537. The van der Waals surface area contributed by atoms with Crippen molar-refractivity contribution in [2.24, 2.45) is 0 Å². The fourth-order valence-electron chi connectivity index (χ4n) is 4.63. The predicted octanol–water partition coefficient (Wildman–Crippen LogP) is 1.89. The van der Waals surface area contributed by atoms with Crippen LogP contribution in [0.2, 0.25) is 10.0 Å². The molecule has 0 radical (unpaired) electrons. The lowest BCUT2D eigenvalue weighted by Gasteiger charge is -2.39. The van der Waals surface area contributed by atoms with E-state index in [0.29, 0.717) is 11.1 Å². The van der Waals surface area contributed by atoms with Crippen molar-refractivity contribution in [1.82, 2.24) is 0 Å². The Hall–Kier alpha value is -2.45. The molecule has 5 rings (SSSR count). The van der Waals surface area contributed by atoms with Gasteiger partial charge in [-0.3, -0.25) is 0 Å².